The van der Waals surface area contributed by atoms with E-state index in [1.165, 1.54) is 56.0 Å². The third-order valence-corrected chi connectivity index (χ3v) is 4.83. The standard InChI is InChI=1S/C20H27NO/c22-20(12-15-21-13-6-2-1-3-7-14-21)19-11-10-17-8-4-5-9-18(17)16-19/h4-5,8-11,16,20,22H,1-3,6-7,12-15H2. The van der Waals surface area contributed by atoms with E-state index < -0.39 is 0 Å². The van der Waals surface area contributed by atoms with Gasteiger partial charge < -0.3 is 10.0 Å². The van der Waals surface area contributed by atoms with E-state index in [9.17, 15) is 5.11 Å². The van der Waals surface area contributed by atoms with E-state index in [4.69, 9.17) is 0 Å². The van der Waals surface area contributed by atoms with Crippen molar-refractivity contribution < 1.29 is 5.11 Å². The fourth-order valence-corrected chi connectivity index (χ4v) is 3.42. The van der Waals surface area contributed by atoms with Gasteiger partial charge in [-0.05, 0) is 54.8 Å². The highest BCUT2D eigenvalue weighted by Crippen LogP contribution is 2.23. The van der Waals surface area contributed by atoms with Crippen LogP contribution in [0.4, 0.5) is 0 Å². The van der Waals surface area contributed by atoms with Gasteiger partial charge in [0.05, 0.1) is 6.10 Å². The normalized spacial score (nSPS) is 18.8. The van der Waals surface area contributed by atoms with E-state index in [0.717, 1.165) is 18.5 Å². The summed E-state index contributed by atoms with van der Waals surface area (Å²) in [6.07, 6.45) is 7.23. The summed E-state index contributed by atoms with van der Waals surface area (Å²) in [5.74, 6) is 0. The Labute approximate surface area is 133 Å². The fraction of sp³-hybridized carbons (Fsp3) is 0.500. The number of hydrogen-bond acceptors (Lipinski definition) is 2. The molecule has 0 spiro atoms. The lowest BCUT2D eigenvalue weighted by atomic mass is 10.0. The van der Waals surface area contributed by atoms with Crippen LogP contribution in [0.1, 0.15) is 50.2 Å². The Kier molecular flexibility index (Phi) is 5.47. The summed E-state index contributed by atoms with van der Waals surface area (Å²) >= 11 is 0. The molecule has 1 aliphatic rings. The molecule has 1 unspecified atom stereocenters. The maximum Gasteiger partial charge on any atom is 0.0802 e. The van der Waals surface area contributed by atoms with Crippen molar-refractivity contribution in [2.45, 2.75) is 44.6 Å². The monoisotopic (exact) mass is 297 g/mol. The van der Waals surface area contributed by atoms with Crippen LogP contribution in [0.5, 0.6) is 0 Å². The first-order chi connectivity index (χ1) is 10.8. The smallest absolute Gasteiger partial charge is 0.0802 e. The van der Waals surface area contributed by atoms with Crippen molar-refractivity contribution >= 4 is 10.8 Å². The summed E-state index contributed by atoms with van der Waals surface area (Å²) in [6.45, 7) is 3.41. The average molecular weight is 297 g/mol. The number of aliphatic hydroxyl groups excluding tert-OH is 1. The molecule has 1 aliphatic heterocycles. The maximum atomic E-state index is 10.5. The van der Waals surface area contributed by atoms with Crippen molar-refractivity contribution in [2.75, 3.05) is 19.6 Å². The molecule has 0 bridgehead atoms. The van der Waals surface area contributed by atoms with Crippen molar-refractivity contribution in [1.82, 2.24) is 4.90 Å². The van der Waals surface area contributed by atoms with Gasteiger partial charge in [0, 0.05) is 6.54 Å². The Morgan fingerprint density at radius 1 is 0.864 bits per heavy atom. The van der Waals surface area contributed by atoms with Crippen molar-refractivity contribution in [1.29, 1.82) is 0 Å². The lowest BCUT2D eigenvalue weighted by Gasteiger charge is -2.25. The van der Waals surface area contributed by atoms with Crippen molar-refractivity contribution in [2.24, 2.45) is 0 Å². The predicted octanol–water partition coefficient (Wildman–Crippen LogP) is 4.53. The Bertz CT molecular complexity index is 587. The molecule has 118 valence electrons. The molecule has 3 rings (SSSR count). The zero-order valence-corrected chi connectivity index (χ0v) is 13.4. The first-order valence-electron chi connectivity index (χ1n) is 8.72. The minimum atomic E-state index is -0.352. The second kappa shape index (κ2) is 7.75. The maximum absolute atomic E-state index is 10.5. The van der Waals surface area contributed by atoms with Gasteiger partial charge in [0.2, 0.25) is 0 Å². The van der Waals surface area contributed by atoms with Crippen molar-refractivity contribution in [3.63, 3.8) is 0 Å². The number of aliphatic hydroxyl groups is 1. The van der Waals surface area contributed by atoms with E-state index >= 15 is 0 Å². The molecule has 0 amide bonds. The van der Waals surface area contributed by atoms with E-state index in [0.29, 0.717) is 0 Å². The van der Waals surface area contributed by atoms with E-state index in [1.54, 1.807) is 0 Å². The quantitative estimate of drug-likeness (QED) is 0.896. The summed E-state index contributed by atoms with van der Waals surface area (Å²) in [5, 5.41) is 13.0. The number of likely N-dealkylation sites (tertiary alicyclic amines) is 1. The minimum Gasteiger partial charge on any atom is -0.388 e. The van der Waals surface area contributed by atoms with Crippen LogP contribution < -0.4 is 0 Å². The van der Waals surface area contributed by atoms with E-state index in [-0.39, 0.29) is 6.10 Å². The van der Waals surface area contributed by atoms with Gasteiger partial charge in [0.15, 0.2) is 0 Å². The molecule has 1 atom stereocenters. The molecule has 2 aromatic carbocycles. The highest BCUT2D eigenvalue weighted by atomic mass is 16.3. The molecule has 1 saturated heterocycles. The molecular formula is C20H27NO. The summed E-state index contributed by atoms with van der Waals surface area (Å²) in [7, 11) is 0. The first-order valence-corrected chi connectivity index (χ1v) is 8.72. The van der Waals surface area contributed by atoms with Gasteiger partial charge in [0.25, 0.3) is 0 Å². The zero-order chi connectivity index (χ0) is 15.2. The lowest BCUT2D eigenvalue weighted by molar-refractivity contribution is 0.138. The summed E-state index contributed by atoms with van der Waals surface area (Å²) in [4.78, 5) is 2.53. The molecule has 2 aromatic rings. The number of fused-ring (bicyclic) bond motifs is 1. The predicted molar refractivity (Wildman–Crippen MR) is 93.0 cm³/mol. The SMILES string of the molecule is OC(CCN1CCCCCCC1)c1ccc2ccccc2c1. The molecule has 1 N–H and O–H groups in total. The lowest BCUT2D eigenvalue weighted by Crippen LogP contribution is -2.29. The van der Waals surface area contributed by atoms with E-state index in [2.05, 4.69) is 47.4 Å². The highest BCUT2D eigenvalue weighted by Gasteiger charge is 2.12. The Morgan fingerprint density at radius 2 is 1.55 bits per heavy atom. The fourth-order valence-electron chi connectivity index (χ4n) is 3.42. The Balaban J connectivity index is 1.58. The summed E-state index contributed by atoms with van der Waals surface area (Å²) in [6, 6.07) is 14.7. The average Bonchev–Trinajstić information content (AvgIpc) is 2.53. The van der Waals surface area contributed by atoms with Gasteiger partial charge in [-0.3, -0.25) is 0 Å². The Morgan fingerprint density at radius 3 is 2.32 bits per heavy atom. The third kappa shape index (κ3) is 4.08. The van der Waals surface area contributed by atoms with Gasteiger partial charge >= 0.3 is 0 Å². The summed E-state index contributed by atoms with van der Waals surface area (Å²) < 4.78 is 0. The highest BCUT2D eigenvalue weighted by molar-refractivity contribution is 5.83. The zero-order valence-electron chi connectivity index (χ0n) is 13.4. The molecule has 0 radical (unpaired) electrons. The van der Waals surface area contributed by atoms with Crippen LogP contribution >= 0.6 is 0 Å². The molecule has 1 fully saturated rings. The summed E-state index contributed by atoms with van der Waals surface area (Å²) in [5.41, 5.74) is 1.05. The second-order valence-electron chi connectivity index (χ2n) is 6.52. The molecule has 2 nitrogen and oxygen atoms in total. The van der Waals surface area contributed by atoms with Crippen LogP contribution in [0.15, 0.2) is 42.5 Å². The van der Waals surface area contributed by atoms with Gasteiger partial charge in [-0.25, -0.2) is 0 Å². The molecule has 0 saturated carbocycles. The largest absolute Gasteiger partial charge is 0.388 e. The van der Waals surface area contributed by atoms with Gasteiger partial charge in [-0.15, -0.1) is 0 Å². The molecular weight excluding hydrogens is 270 g/mol. The van der Waals surface area contributed by atoms with Gasteiger partial charge in [-0.2, -0.15) is 0 Å². The van der Waals surface area contributed by atoms with Crippen molar-refractivity contribution in [3.8, 4) is 0 Å². The van der Waals surface area contributed by atoms with Crippen LogP contribution in [-0.4, -0.2) is 29.6 Å². The van der Waals surface area contributed by atoms with Gasteiger partial charge in [-0.1, -0.05) is 55.7 Å². The topological polar surface area (TPSA) is 23.5 Å². The Hall–Kier alpha value is -1.38. The molecule has 22 heavy (non-hydrogen) atoms. The number of nitrogens with zero attached hydrogens (tertiary/aromatic N) is 1. The molecule has 2 heteroatoms. The molecule has 1 heterocycles. The van der Waals surface area contributed by atoms with E-state index in [1.807, 2.05) is 0 Å². The number of benzene rings is 2. The van der Waals surface area contributed by atoms with Crippen LogP contribution in [0.2, 0.25) is 0 Å². The number of hydrogen-bond donors (Lipinski definition) is 1. The van der Waals surface area contributed by atoms with Gasteiger partial charge in [0.1, 0.15) is 0 Å². The van der Waals surface area contributed by atoms with Crippen LogP contribution in [0, 0.1) is 0 Å². The minimum absolute atomic E-state index is 0.352. The van der Waals surface area contributed by atoms with Crippen LogP contribution in [0.25, 0.3) is 10.8 Å². The first kappa shape index (κ1) is 15.5. The second-order valence-corrected chi connectivity index (χ2v) is 6.52. The van der Waals surface area contributed by atoms with Crippen LogP contribution in [-0.2, 0) is 0 Å². The third-order valence-electron chi connectivity index (χ3n) is 4.83. The van der Waals surface area contributed by atoms with Crippen molar-refractivity contribution in [3.05, 3.63) is 48.0 Å². The van der Waals surface area contributed by atoms with Crippen LogP contribution in [0.3, 0.4) is 0 Å². The molecule has 0 aromatic heterocycles. The molecule has 0 aliphatic carbocycles. The number of rotatable bonds is 4.